The highest BCUT2D eigenvalue weighted by molar-refractivity contribution is 5.90. The smallest absolute Gasteiger partial charge is 0.158 e. The zero-order chi connectivity index (χ0) is 22.2. The summed E-state index contributed by atoms with van der Waals surface area (Å²) in [6.07, 6.45) is 3.72. The van der Waals surface area contributed by atoms with Gasteiger partial charge in [-0.05, 0) is 49.6 Å². The van der Waals surface area contributed by atoms with Crippen LogP contribution in [-0.2, 0) is 0 Å². The van der Waals surface area contributed by atoms with Crippen molar-refractivity contribution in [2.75, 3.05) is 37.6 Å². The predicted octanol–water partition coefficient (Wildman–Crippen LogP) is 4.15. The first kappa shape index (κ1) is 19.7. The maximum absolute atomic E-state index is 5.18. The van der Waals surface area contributed by atoms with Crippen molar-refractivity contribution >= 4 is 22.5 Å². The highest BCUT2D eigenvalue weighted by Gasteiger charge is 2.51. The van der Waals surface area contributed by atoms with Crippen LogP contribution in [0.15, 0.2) is 24.7 Å². The molecule has 1 spiro atoms. The van der Waals surface area contributed by atoms with Gasteiger partial charge < -0.3 is 14.8 Å². The highest BCUT2D eigenvalue weighted by atomic mass is 15.3. The Kier molecular flexibility index (Phi) is 4.18. The third kappa shape index (κ3) is 2.73. The monoisotopic (exact) mass is 429 g/mol. The average molecular weight is 430 g/mol. The van der Waals surface area contributed by atoms with Crippen LogP contribution >= 0.6 is 0 Å². The molecule has 6 heterocycles. The minimum absolute atomic E-state index is 0.347. The molecule has 0 atom stereocenters. The van der Waals surface area contributed by atoms with Gasteiger partial charge in [0.25, 0.3) is 0 Å². The van der Waals surface area contributed by atoms with Crippen molar-refractivity contribution < 1.29 is 0 Å². The van der Waals surface area contributed by atoms with Crippen molar-refractivity contribution in [3.8, 4) is 11.3 Å². The minimum Gasteiger partial charge on any atom is -0.355 e. The van der Waals surface area contributed by atoms with E-state index >= 15 is 0 Å². The van der Waals surface area contributed by atoms with E-state index in [1.54, 1.807) is 6.33 Å². The molecule has 2 aliphatic rings. The van der Waals surface area contributed by atoms with Gasteiger partial charge in [0, 0.05) is 48.9 Å². The van der Waals surface area contributed by atoms with Crippen molar-refractivity contribution in [1.29, 1.82) is 0 Å². The topological polar surface area (TPSA) is 65.3 Å². The second kappa shape index (κ2) is 6.78. The number of fused-ring (bicyclic) bond motifs is 2. The number of aromatic amines is 1. The molecule has 0 amide bonds. The number of H-pyrrole nitrogens is 1. The minimum atomic E-state index is 0.347. The number of aryl methyl sites for hydroxylation is 1. The molecule has 0 bridgehead atoms. The Morgan fingerprint density at radius 2 is 1.88 bits per heavy atom. The lowest BCUT2D eigenvalue weighted by Gasteiger charge is -2.60. The zero-order valence-electron chi connectivity index (χ0n) is 19.6. The lowest BCUT2D eigenvalue weighted by molar-refractivity contribution is -0.0181. The second-order valence-electron chi connectivity index (χ2n) is 10.1. The Balaban J connectivity index is 1.42. The molecule has 0 saturated carbocycles. The third-order valence-corrected chi connectivity index (χ3v) is 7.58. The Hall–Kier alpha value is -2.93. The van der Waals surface area contributed by atoms with Gasteiger partial charge in [-0.25, -0.2) is 14.5 Å². The van der Waals surface area contributed by atoms with Crippen LogP contribution in [0.3, 0.4) is 0 Å². The maximum Gasteiger partial charge on any atom is 0.158 e. The fourth-order valence-corrected chi connectivity index (χ4v) is 5.73. The zero-order valence-corrected chi connectivity index (χ0v) is 19.6. The first-order valence-corrected chi connectivity index (χ1v) is 11.7. The molecule has 0 aliphatic carbocycles. The third-order valence-electron chi connectivity index (χ3n) is 7.58. The van der Waals surface area contributed by atoms with E-state index in [4.69, 9.17) is 4.98 Å². The Labute approximate surface area is 188 Å². The number of nitrogens with one attached hydrogen (secondary N) is 1. The SMILES string of the molecule is CCN1CC2(C1)CN(c1ccc3[nH]c(-c4cn5ncnc5c(C)c4C)c(C(C)C)c3n1)C2. The fraction of sp³-hybridized carbons (Fsp3) is 0.480. The van der Waals surface area contributed by atoms with Gasteiger partial charge in [0.05, 0.1) is 16.7 Å². The Morgan fingerprint density at radius 1 is 1.09 bits per heavy atom. The van der Waals surface area contributed by atoms with Crippen molar-refractivity contribution in [3.63, 3.8) is 0 Å². The molecule has 4 aromatic rings. The first-order valence-electron chi connectivity index (χ1n) is 11.7. The summed E-state index contributed by atoms with van der Waals surface area (Å²) in [7, 11) is 0. The van der Waals surface area contributed by atoms with E-state index in [0.717, 1.165) is 53.4 Å². The summed E-state index contributed by atoms with van der Waals surface area (Å²) in [5.41, 5.74) is 9.59. The molecular weight excluding hydrogens is 398 g/mol. The summed E-state index contributed by atoms with van der Waals surface area (Å²) in [6, 6.07) is 4.38. The molecule has 2 saturated heterocycles. The normalized spacial score (nSPS) is 18.1. The molecule has 7 heteroatoms. The number of nitrogens with zero attached hydrogens (tertiary/aromatic N) is 6. The number of hydrogen-bond donors (Lipinski definition) is 1. The highest BCUT2D eigenvalue weighted by Crippen LogP contribution is 2.43. The van der Waals surface area contributed by atoms with Crippen LogP contribution in [0.25, 0.3) is 27.9 Å². The van der Waals surface area contributed by atoms with Gasteiger partial charge in [-0.3, -0.25) is 0 Å². The molecule has 4 aromatic heterocycles. The predicted molar refractivity (Wildman–Crippen MR) is 128 cm³/mol. The molecular formula is C25H31N7. The second-order valence-corrected chi connectivity index (χ2v) is 10.1. The van der Waals surface area contributed by atoms with Gasteiger partial charge in [0.2, 0.25) is 0 Å². The quantitative estimate of drug-likeness (QED) is 0.528. The van der Waals surface area contributed by atoms with Crippen LogP contribution in [0.2, 0.25) is 0 Å². The van der Waals surface area contributed by atoms with Gasteiger partial charge in [-0.1, -0.05) is 20.8 Å². The van der Waals surface area contributed by atoms with Gasteiger partial charge >= 0.3 is 0 Å². The standard InChI is InChI=1S/C25H31N7/c1-6-30-10-25(11-30)12-31(13-25)20-8-7-19-23(29-20)21(15(2)3)22(28-19)18-9-32-24(26-14-27-32)17(5)16(18)4/h7-9,14-15,28H,6,10-13H2,1-5H3. The van der Waals surface area contributed by atoms with Crippen molar-refractivity contribution in [2.24, 2.45) is 5.41 Å². The number of anilines is 1. The van der Waals surface area contributed by atoms with Crippen LogP contribution in [-0.4, -0.2) is 62.2 Å². The van der Waals surface area contributed by atoms with Crippen LogP contribution in [0, 0.1) is 19.3 Å². The summed E-state index contributed by atoms with van der Waals surface area (Å²) in [5.74, 6) is 1.45. The number of pyridine rings is 2. The lowest BCUT2D eigenvalue weighted by Crippen LogP contribution is -2.72. The van der Waals surface area contributed by atoms with E-state index in [2.05, 4.69) is 77.8 Å². The summed E-state index contributed by atoms with van der Waals surface area (Å²) >= 11 is 0. The van der Waals surface area contributed by atoms with Crippen LogP contribution in [0.5, 0.6) is 0 Å². The van der Waals surface area contributed by atoms with Crippen molar-refractivity contribution in [2.45, 2.75) is 40.5 Å². The molecule has 32 heavy (non-hydrogen) atoms. The van der Waals surface area contributed by atoms with Crippen LogP contribution in [0.1, 0.15) is 43.4 Å². The van der Waals surface area contributed by atoms with Gasteiger partial charge in [0.15, 0.2) is 5.65 Å². The largest absolute Gasteiger partial charge is 0.355 e. The maximum atomic E-state index is 5.18. The van der Waals surface area contributed by atoms with E-state index in [1.165, 1.54) is 29.8 Å². The Bertz CT molecular complexity index is 1330. The molecule has 2 aliphatic heterocycles. The van der Waals surface area contributed by atoms with Crippen LogP contribution in [0.4, 0.5) is 5.82 Å². The van der Waals surface area contributed by atoms with Gasteiger partial charge in [0.1, 0.15) is 12.1 Å². The van der Waals surface area contributed by atoms with E-state index in [9.17, 15) is 0 Å². The molecule has 0 radical (unpaired) electrons. The number of hydrogen-bond acceptors (Lipinski definition) is 5. The van der Waals surface area contributed by atoms with E-state index in [0.29, 0.717) is 11.3 Å². The van der Waals surface area contributed by atoms with Crippen molar-refractivity contribution in [1.82, 2.24) is 29.5 Å². The Morgan fingerprint density at radius 3 is 2.59 bits per heavy atom. The molecule has 0 aromatic carbocycles. The number of rotatable bonds is 4. The summed E-state index contributed by atoms with van der Waals surface area (Å²) < 4.78 is 1.88. The van der Waals surface area contributed by atoms with Gasteiger partial charge in [-0.2, -0.15) is 5.10 Å². The van der Waals surface area contributed by atoms with Gasteiger partial charge in [-0.15, -0.1) is 0 Å². The molecule has 6 rings (SSSR count). The number of likely N-dealkylation sites (tertiary alicyclic amines) is 1. The summed E-state index contributed by atoms with van der Waals surface area (Å²) in [5, 5.41) is 4.40. The van der Waals surface area contributed by atoms with E-state index in [1.807, 2.05) is 4.52 Å². The molecule has 1 N–H and O–H groups in total. The van der Waals surface area contributed by atoms with E-state index < -0.39 is 0 Å². The van der Waals surface area contributed by atoms with Crippen molar-refractivity contribution in [3.05, 3.63) is 41.3 Å². The number of aromatic nitrogens is 5. The summed E-state index contributed by atoms with van der Waals surface area (Å²) in [4.78, 5) is 18.3. The van der Waals surface area contributed by atoms with E-state index in [-0.39, 0.29) is 0 Å². The average Bonchev–Trinajstić information content (AvgIpc) is 3.33. The molecule has 0 unspecified atom stereocenters. The molecule has 2 fully saturated rings. The lowest BCUT2D eigenvalue weighted by atomic mass is 9.73. The first-order chi connectivity index (χ1) is 15.4. The summed E-state index contributed by atoms with van der Waals surface area (Å²) in [6.45, 7) is 16.9. The molecule has 7 nitrogen and oxygen atoms in total. The molecule has 166 valence electrons. The fourth-order valence-electron chi connectivity index (χ4n) is 5.73. The van der Waals surface area contributed by atoms with Crippen LogP contribution < -0.4 is 4.90 Å².